The lowest BCUT2D eigenvalue weighted by Crippen LogP contribution is -2.53. The fourth-order valence-corrected chi connectivity index (χ4v) is 5.76. The maximum absolute atomic E-state index is 14.0. The van der Waals surface area contributed by atoms with Gasteiger partial charge in [-0.3, -0.25) is 13.9 Å². The molecular weight excluding hydrogens is 586 g/mol. The average molecular weight is 622 g/mol. The maximum Gasteiger partial charge on any atom is 0.416 e. The van der Waals surface area contributed by atoms with Crippen molar-refractivity contribution in [3.8, 4) is 0 Å². The Balaban J connectivity index is 2.12. The number of anilines is 1. The van der Waals surface area contributed by atoms with Gasteiger partial charge in [0.25, 0.3) is 10.0 Å². The largest absolute Gasteiger partial charge is 0.416 e. The summed E-state index contributed by atoms with van der Waals surface area (Å²) in [6.07, 6.45) is -4.00. The highest BCUT2D eigenvalue weighted by Gasteiger charge is 2.36. The van der Waals surface area contributed by atoms with Crippen molar-refractivity contribution >= 4 is 27.5 Å². The van der Waals surface area contributed by atoms with Crippen LogP contribution in [-0.4, -0.2) is 43.8 Å². The zero-order valence-corrected chi connectivity index (χ0v) is 25.2. The van der Waals surface area contributed by atoms with Crippen molar-refractivity contribution in [3.63, 3.8) is 0 Å². The van der Waals surface area contributed by atoms with Gasteiger partial charge in [-0.15, -0.1) is 0 Å². The molecule has 3 aromatic carbocycles. The first-order valence-electron chi connectivity index (χ1n) is 13.8. The molecule has 3 aromatic rings. The standard InChI is InChI=1S/C31H35F4N3O4S/c1-5-22(4)36-30(40)28(6-2)37(19-23-12-14-25(32)15-13-23)29(39)20-38(26-9-7-8-24(18-26)31(33,34)35)43(41,42)27-16-10-21(3)11-17-27/h7-18,22,28H,5-6,19-20H2,1-4H3,(H,36,40)/t22-,28-/m0/s1. The quantitative estimate of drug-likeness (QED) is 0.249. The van der Waals surface area contributed by atoms with E-state index in [2.05, 4.69) is 5.32 Å². The monoisotopic (exact) mass is 621 g/mol. The van der Waals surface area contributed by atoms with Crippen molar-refractivity contribution < 1.29 is 35.6 Å². The smallest absolute Gasteiger partial charge is 0.352 e. The van der Waals surface area contributed by atoms with Gasteiger partial charge >= 0.3 is 6.18 Å². The van der Waals surface area contributed by atoms with Crippen LogP contribution in [0.1, 0.15) is 50.3 Å². The number of alkyl halides is 3. The molecule has 0 aliphatic heterocycles. The van der Waals surface area contributed by atoms with E-state index >= 15 is 0 Å². The normalized spacial score (nSPS) is 13.2. The number of hydrogen-bond acceptors (Lipinski definition) is 4. The van der Waals surface area contributed by atoms with Crippen molar-refractivity contribution in [2.45, 2.75) is 70.2 Å². The first-order chi connectivity index (χ1) is 20.2. The number of carbonyl (C=O) groups is 2. The van der Waals surface area contributed by atoms with Crippen molar-refractivity contribution in [3.05, 3.63) is 95.3 Å². The van der Waals surface area contributed by atoms with Crippen LogP contribution in [0.4, 0.5) is 23.2 Å². The lowest BCUT2D eigenvalue weighted by Gasteiger charge is -2.34. The van der Waals surface area contributed by atoms with E-state index in [0.717, 1.165) is 17.7 Å². The molecule has 0 bridgehead atoms. The lowest BCUT2D eigenvalue weighted by atomic mass is 10.1. The van der Waals surface area contributed by atoms with Gasteiger partial charge in [0.1, 0.15) is 18.4 Å². The van der Waals surface area contributed by atoms with Gasteiger partial charge in [-0.2, -0.15) is 13.2 Å². The minimum Gasteiger partial charge on any atom is -0.352 e. The summed E-state index contributed by atoms with van der Waals surface area (Å²) < 4.78 is 82.8. The number of hydrogen-bond donors (Lipinski definition) is 1. The first kappa shape index (κ1) is 33.6. The number of nitrogens with one attached hydrogen (secondary N) is 1. The van der Waals surface area contributed by atoms with Crippen LogP contribution in [0.15, 0.2) is 77.7 Å². The molecule has 3 rings (SSSR count). The summed E-state index contributed by atoms with van der Waals surface area (Å²) >= 11 is 0. The molecule has 0 aliphatic carbocycles. The SMILES string of the molecule is CC[C@H](C)NC(=O)[C@H](CC)N(Cc1ccc(F)cc1)C(=O)CN(c1cccc(C(F)(F)F)c1)S(=O)(=O)c1ccc(C)cc1. The van der Waals surface area contributed by atoms with Gasteiger partial charge in [0.15, 0.2) is 0 Å². The summed E-state index contributed by atoms with van der Waals surface area (Å²) in [6, 6.07) is 13.4. The fourth-order valence-electron chi connectivity index (χ4n) is 4.35. The van der Waals surface area contributed by atoms with E-state index in [4.69, 9.17) is 0 Å². The number of nitrogens with zero attached hydrogens (tertiary/aromatic N) is 2. The lowest BCUT2D eigenvalue weighted by molar-refractivity contribution is -0.140. The Labute approximate surface area is 249 Å². The van der Waals surface area contributed by atoms with E-state index in [1.807, 2.05) is 6.92 Å². The van der Waals surface area contributed by atoms with Crippen LogP contribution in [0, 0.1) is 12.7 Å². The van der Waals surface area contributed by atoms with Crippen LogP contribution < -0.4 is 9.62 Å². The molecule has 0 aromatic heterocycles. The fraction of sp³-hybridized carbons (Fsp3) is 0.355. The molecule has 1 N–H and O–H groups in total. The summed E-state index contributed by atoms with van der Waals surface area (Å²) in [5, 5.41) is 2.83. The van der Waals surface area contributed by atoms with Crippen LogP contribution in [0.2, 0.25) is 0 Å². The third-order valence-electron chi connectivity index (χ3n) is 7.00. The first-order valence-corrected chi connectivity index (χ1v) is 15.2. The Hall–Kier alpha value is -3.93. The molecule has 0 spiro atoms. The molecule has 0 saturated heterocycles. The van der Waals surface area contributed by atoms with E-state index in [9.17, 15) is 35.6 Å². The number of halogens is 4. The number of amides is 2. The minimum atomic E-state index is -4.77. The zero-order valence-electron chi connectivity index (χ0n) is 24.4. The molecule has 0 radical (unpaired) electrons. The van der Waals surface area contributed by atoms with Crippen LogP contribution in [0.5, 0.6) is 0 Å². The van der Waals surface area contributed by atoms with E-state index in [1.165, 1.54) is 59.5 Å². The Morgan fingerprint density at radius 2 is 1.56 bits per heavy atom. The molecule has 2 amide bonds. The zero-order chi connectivity index (χ0) is 31.9. The molecule has 2 atom stereocenters. The molecule has 43 heavy (non-hydrogen) atoms. The van der Waals surface area contributed by atoms with E-state index in [1.54, 1.807) is 20.8 Å². The molecule has 12 heteroatoms. The number of benzene rings is 3. The second-order valence-corrected chi connectivity index (χ2v) is 12.1. The Morgan fingerprint density at radius 3 is 2.12 bits per heavy atom. The highest BCUT2D eigenvalue weighted by Crippen LogP contribution is 2.33. The molecular formula is C31H35F4N3O4S. The Bertz CT molecular complexity index is 1510. The van der Waals surface area contributed by atoms with E-state index < -0.39 is 52.0 Å². The second-order valence-electron chi connectivity index (χ2n) is 10.3. The van der Waals surface area contributed by atoms with Crippen molar-refractivity contribution in [2.75, 3.05) is 10.8 Å². The minimum absolute atomic E-state index is 0.156. The van der Waals surface area contributed by atoms with Gasteiger partial charge in [0, 0.05) is 12.6 Å². The molecule has 232 valence electrons. The van der Waals surface area contributed by atoms with Crippen LogP contribution in [0.25, 0.3) is 0 Å². The second kappa shape index (κ2) is 14.0. The summed E-state index contributed by atoms with van der Waals surface area (Å²) in [7, 11) is -4.55. The van der Waals surface area contributed by atoms with E-state index in [-0.39, 0.29) is 29.6 Å². The van der Waals surface area contributed by atoms with Crippen molar-refractivity contribution in [2.24, 2.45) is 0 Å². The van der Waals surface area contributed by atoms with Gasteiger partial charge in [0.05, 0.1) is 16.1 Å². The Morgan fingerprint density at radius 1 is 0.930 bits per heavy atom. The summed E-state index contributed by atoms with van der Waals surface area (Å²) in [4.78, 5) is 28.2. The Kier molecular flexibility index (Phi) is 11.0. The number of sulfonamides is 1. The van der Waals surface area contributed by atoms with E-state index in [0.29, 0.717) is 22.4 Å². The molecule has 7 nitrogen and oxygen atoms in total. The van der Waals surface area contributed by atoms with Gasteiger partial charge in [-0.1, -0.05) is 49.7 Å². The third kappa shape index (κ3) is 8.56. The molecule has 0 heterocycles. The van der Waals surface area contributed by atoms with Crippen LogP contribution in [0.3, 0.4) is 0 Å². The number of rotatable bonds is 12. The van der Waals surface area contributed by atoms with Crippen molar-refractivity contribution in [1.29, 1.82) is 0 Å². The topological polar surface area (TPSA) is 86.8 Å². The highest BCUT2D eigenvalue weighted by atomic mass is 32.2. The van der Waals surface area contributed by atoms with Gasteiger partial charge in [0.2, 0.25) is 11.8 Å². The average Bonchev–Trinajstić information content (AvgIpc) is 2.96. The number of carbonyl (C=O) groups excluding carboxylic acids is 2. The molecule has 0 saturated carbocycles. The molecule has 0 fully saturated rings. The molecule has 0 unspecified atom stereocenters. The van der Waals surface area contributed by atoms with Gasteiger partial charge < -0.3 is 10.2 Å². The van der Waals surface area contributed by atoms with Crippen molar-refractivity contribution in [1.82, 2.24) is 10.2 Å². The summed E-state index contributed by atoms with van der Waals surface area (Å²) in [5.41, 5.74) is -0.243. The summed E-state index contributed by atoms with van der Waals surface area (Å²) in [5.74, 6) is -1.81. The number of aryl methyl sites for hydroxylation is 1. The van der Waals surface area contributed by atoms with Crippen LogP contribution >= 0.6 is 0 Å². The predicted octanol–water partition coefficient (Wildman–Crippen LogP) is 6.07. The highest BCUT2D eigenvalue weighted by molar-refractivity contribution is 7.92. The summed E-state index contributed by atoms with van der Waals surface area (Å²) in [6.45, 7) is 6.02. The van der Waals surface area contributed by atoms with Gasteiger partial charge in [-0.25, -0.2) is 12.8 Å². The van der Waals surface area contributed by atoms with Crippen LogP contribution in [-0.2, 0) is 32.3 Å². The predicted molar refractivity (Wildman–Crippen MR) is 156 cm³/mol. The third-order valence-corrected chi connectivity index (χ3v) is 8.79. The maximum atomic E-state index is 14.0. The molecule has 0 aliphatic rings. The van der Waals surface area contributed by atoms with Gasteiger partial charge in [-0.05, 0) is 74.7 Å².